The third-order valence-corrected chi connectivity index (χ3v) is 11.6. The van der Waals surface area contributed by atoms with Crippen molar-refractivity contribution in [3.05, 3.63) is 72.9 Å². The molecule has 370 valence electrons. The Hall–Kier alpha value is -2.37. The first-order valence-electron chi connectivity index (χ1n) is 26.0. The summed E-state index contributed by atoms with van der Waals surface area (Å²) in [5.41, 5.74) is 0. The summed E-state index contributed by atoms with van der Waals surface area (Å²) in [5, 5.41) is 40.2. The molecule has 9 heteroatoms. The highest BCUT2D eigenvalue weighted by atomic mass is 16.7. The molecule has 64 heavy (non-hydrogen) atoms. The van der Waals surface area contributed by atoms with Gasteiger partial charge in [0.15, 0.2) is 6.29 Å². The lowest BCUT2D eigenvalue weighted by Crippen LogP contribution is -2.59. The SMILES string of the molecule is CC/C=C\C/C=C\C/C=C\C/C=C\CCCCCCCCCCCCCCCOCC(COC1OC(CO)C(O)C(O)C1O)OC(=O)CCCCCCC/C=C\C/C=C\CCCCC. The van der Waals surface area contributed by atoms with Crippen molar-refractivity contribution in [1.29, 1.82) is 0 Å². The van der Waals surface area contributed by atoms with Crippen molar-refractivity contribution in [2.24, 2.45) is 0 Å². The highest BCUT2D eigenvalue weighted by molar-refractivity contribution is 5.69. The van der Waals surface area contributed by atoms with Gasteiger partial charge >= 0.3 is 5.97 Å². The Morgan fingerprint density at radius 3 is 1.44 bits per heavy atom. The number of esters is 1. The summed E-state index contributed by atoms with van der Waals surface area (Å²) < 4.78 is 22.9. The molecule has 0 aromatic heterocycles. The Bertz CT molecular complexity index is 1210. The van der Waals surface area contributed by atoms with Gasteiger partial charge in [-0.15, -0.1) is 0 Å². The number of aliphatic hydroxyl groups excluding tert-OH is 4. The Balaban J connectivity index is 2.17. The molecule has 0 aromatic rings. The van der Waals surface area contributed by atoms with E-state index in [2.05, 4.69) is 86.8 Å². The first kappa shape index (κ1) is 59.6. The quantitative estimate of drug-likeness (QED) is 0.0268. The molecule has 0 radical (unpaired) electrons. The largest absolute Gasteiger partial charge is 0.457 e. The lowest BCUT2D eigenvalue weighted by molar-refractivity contribution is -0.305. The van der Waals surface area contributed by atoms with Gasteiger partial charge in [0, 0.05) is 13.0 Å². The van der Waals surface area contributed by atoms with Crippen LogP contribution in [0.25, 0.3) is 0 Å². The molecule has 1 fully saturated rings. The van der Waals surface area contributed by atoms with Crippen LogP contribution in [0.5, 0.6) is 0 Å². The van der Waals surface area contributed by atoms with Gasteiger partial charge in [-0.3, -0.25) is 4.79 Å². The van der Waals surface area contributed by atoms with E-state index in [0.29, 0.717) is 13.0 Å². The highest BCUT2D eigenvalue weighted by Crippen LogP contribution is 2.23. The van der Waals surface area contributed by atoms with Crippen molar-refractivity contribution in [1.82, 2.24) is 0 Å². The summed E-state index contributed by atoms with van der Waals surface area (Å²) in [4.78, 5) is 12.8. The zero-order valence-electron chi connectivity index (χ0n) is 40.8. The van der Waals surface area contributed by atoms with Crippen LogP contribution >= 0.6 is 0 Å². The van der Waals surface area contributed by atoms with Crippen LogP contribution in [-0.2, 0) is 23.7 Å². The van der Waals surface area contributed by atoms with E-state index in [4.69, 9.17) is 18.9 Å². The van der Waals surface area contributed by atoms with Gasteiger partial charge in [0.25, 0.3) is 0 Å². The molecule has 4 N–H and O–H groups in total. The van der Waals surface area contributed by atoms with E-state index in [-0.39, 0.29) is 19.2 Å². The molecule has 6 atom stereocenters. The van der Waals surface area contributed by atoms with Crippen LogP contribution in [-0.4, -0.2) is 89.6 Å². The van der Waals surface area contributed by atoms with Crippen molar-refractivity contribution >= 4 is 5.97 Å². The Kier molecular flexibility index (Phi) is 42.7. The predicted octanol–water partition coefficient (Wildman–Crippen LogP) is 12.8. The van der Waals surface area contributed by atoms with E-state index in [1.54, 1.807) is 0 Å². The number of carbonyl (C=O) groups is 1. The summed E-state index contributed by atoms with van der Waals surface area (Å²) in [5.74, 6) is -0.329. The number of hydrogen-bond donors (Lipinski definition) is 4. The average Bonchev–Trinajstić information content (AvgIpc) is 3.30. The average molecular weight is 901 g/mol. The zero-order valence-corrected chi connectivity index (χ0v) is 40.8. The van der Waals surface area contributed by atoms with Crippen molar-refractivity contribution in [3.63, 3.8) is 0 Å². The summed E-state index contributed by atoms with van der Waals surface area (Å²) in [6.45, 7) is 4.40. The number of hydrogen-bond acceptors (Lipinski definition) is 9. The summed E-state index contributed by atoms with van der Waals surface area (Å²) in [7, 11) is 0. The molecular weight excluding hydrogens is 805 g/mol. The van der Waals surface area contributed by atoms with Crippen LogP contribution in [0, 0.1) is 0 Å². The van der Waals surface area contributed by atoms with E-state index in [1.807, 2.05) is 0 Å². The number of rotatable bonds is 44. The number of allylic oxidation sites excluding steroid dienone is 12. The van der Waals surface area contributed by atoms with Crippen LogP contribution in [0.1, 0.15) is 206 Å². The third kappa shape index (κ3) is 35.8. The Morgan fingerprint density at radius 1 is 0.516 bits per heavy atom. The molecule has 0 amide bonds. The van der Waals surface area contributed by atoms with Crippen LogP contribution in [0.15, 0.2) is 72.9 Å². The van der Waals surface area contributed by atoms with Crippen LogP contribution in [0.2, 0.25) is 0 Å². The zero-order chi connectivity index (χ0) is 46.4. The molecule has 0 spiro atoms. The fourth-order valence-corrected chi connectivity index (χ4v) is 7.57. The molecule has 1 saturated heterocycles. The molecule has 1 rings (SSSR count). The lowest BCUT2D eigenvalue weighted by Gasteiger charge is -2.39. The van der Waals surface area contributed by atoms with Crippen LogP contribution in [0.3, 0.4) is 0 Å². The molecule has 1 heterocycles. The number of carbonyl (C=O) groups excluding carboxylic acids is 1. The van der Waals surface area contributed by atoms with Gasteiger partial charge in [-0.05, 0) is 83.5 Å². The Labute approximate surface area is 391 Å². The van der Waals surface area contributed by atoms with Gasteiger partial charge < -0.3 is 39.4 Å². The first-order chi connectivity index (χ1) is 31.4. The lowest BCUT2D eigenvalue weighted by atomic mass is 9.99. The van der Waals surface area contributed by atoms with Crippen molar-refractivity contribution in [3.8, 4) is 0 Å². The van der Waals surface area contributed by atoms with E-state index in [0.717, 1.165) is 83.5 Å². The molecule has 0 saturated carbocycles. The predicted molar refractivity (Wildman–Crippen MR) is 265 cm³/mol. The highest BCUT2D eigenvalue weighted by Gasteiger charge is 2.44. The maximum Gasteiger partial charge on any atom is 0.306 e. The second-order valence-corrected chi connectivity index (χ2v) is 17.6. The minimum Gasteiger partial charge on any atom is -0.457 e. The molecular formula is C55H96O9. The van der Waals surface area contributed by atoms with Crippen LogP contribution < -0.4 is 0 Å². The van der Waals surface area contributed by atoms with E-state index in [1.165, 1.54) is 103 Å². The summed E-state index contributed by atoms with van der Waals surface area (Å²) >= 11 is 0. The first-order valence-corrected chi connectivity index (χ1v) is 26.0. The van der Waals surface area contributed by atoms with Gasteiger partial charge in [0.1, 0.15) is 30.5 Å². The normalized spacial score (nSPS) is 20.1. The van der Waals surface area contributed by atoms with E-state index >= 15 is 0 Å². The molecule has 0 bridgehead atoms. The topological polar surface area (TPSA) is 135 Å². The number of aliphatic hydroxyl groups is 4. The van der Waals surface area contributed by atoms with Crippen LogP contribution in [0.4, 0.5) is 0 Å². The molecule has 0 aliphatic carbocycles. The number of ether oxygens (including phenoxy) is 4. The van der Waals surface area contributed by atoms with Crippen molar-refractivity contribution in [2.45, 2.75) is 243 Å². The summed E-state index contributed by atoms with van der Waals surface area (Å²) in [6.07, 6.45) is 53.7. The van der Waals surface area contributed by atoms with Gasteiger partial charge in [0.2, 0.25) is 0 Å². The van der Waals surface area contributed by atoms with Gasteiger partial charge in [0.05, 0.1) is 19.8 Å². The van der Waals surface area contributed by atoms with Gasteiger partial charge in [-0.25, -0.2) is 0 Å². The molecule has 1 aliphatic rings. The number of unbranched alkanes of at least 4 members (excludes halogenated alkanes) is 21. The van der Waals surface area contributed by atoms with E-state index < -0.39 is 43.4 Å². The van der Waals surface area contributed by atoms with Gasteiger partial charge in [-0.2, -0.15) is 0 Å². The fraction of sp³-hybridized carbons (Fsp3) is 0.764. The fourth-order valence-electron chi connectivity index (χ4n) is 7.57. The molecule has 6 unspecified atom stereocenters. The monoisotopic (exact) mass is 901 g/mol. The van der Waals surface area contributed by atoms with Crippen molar-refractivity contribution < 1.29 is 44.2 Å². The standard InChI is InChI=1S/C55H96O9/c1-3-5-7-9-11-13-15-17-19-20-21-22-23-24-25-26-27-28-29-31-33-35-37-39-41-43-45-61-47-49(48-62-55-54(60)53(59)52(58)50(46-56)64-55)63-51(57)44-42-40-38-36-34-32-30-18-16-14-12-10-8-6-4-2/h5,7,11-14,17-19,21-22,30,49-50,52-56,58-60H,3-4,6,8-10,15-16,20,23-29,31-48H2,1-2H3/b7-5-,13-11-,14-12-,19-17-,22-21-,30-18-. The smallest absolute Gasteiger partial charge is 0.306 e. The maximum absolute atomic E-state index is 12.8. The molecule has 0 aromatic carbocycles. The summed E-state index contributed by atoms with van der Waals surface area (Å²) in [6, 6.07) is 0. The third-order valence-electron chi connectivity index (χ3n) is 11.6. The van der Waals surface area contributed by atoms with Crippen molar-refractivity contribution in [2.75, 3.05) is 26.4 Å². The maximum atomic E-state index is 12.8. The second kappa shape index (κ2) is 45.8. The van der Waals surface area contributed by atoms with Gasteiger partial charge in [-0.1, -0.05) is 189 Å². The Morgan fingerprint density at radius 2 is 0.953 bits per heavy atom. The van der Waals surface area contributed by atoms with E-state index in [9.17, 15) is 25.2 Å². The molecule has 9 nitrogen and oxygen atoms in total. The molecule has 1 aliphatic heterocycles. The second-order valence-electron chi connectivity index (χ2n) is 17.6. The minimum atomic E-state index is -1.54. The minimum absolute atomic E-state index is 0.122.